The molecule has 2 heterocycles. The molecule has 0 amide bonds. The highest BCUT2D eigenvalue weighted by atomic mass is 32.1. The van der Waals surface area contributed by atoms with Crippen molar-refractivity contribution in [3.63, 3.8) is 0 Å². The number of rotatable bonds is 3. The third kappa shape index (κ3) is 2.28. The molecule has 3 nitrogen and oxygen atoms in total. The van der Waals surface area contributed by atoms with Crippen LogP contribution in [0.2, 0.25) is 0 Å². The SMILES string of the molecule is CNCC1CCCc2sc(-c3cc4ccccc4o3)nc21. The normalized spacial score (nSPS) is 18.0. The molecule has 0 bridgehead atoms. The monoisotopic (exact) mass is 298 g/mol. The van der Waals surface area contributed by atoms with E-state index in [1.54, 1.807) is 11.3 Å². The number of para-hydroxylation sites is 1. The van der Waals surface area contributed by atoms with Gasteiger partial charge >= 0.3 is 0 Å². The van der Waals surface area contributed by atoms with Crippen molar-refractivity contribution in [3.8, 4) is 10.8 Å². The van der Waals surface area contributed by atoms with Crippen LogP contribution in [0.5, 0.6) is 0 Å². The molecule has 4 rings (SSSR count). The van der Waals surface area contributed by atoms with E-state index < -0.39 is 0 Å². The average molecular weight is 298 g/mol. The Morgan fingerprint density at radius 3 is 3.14 bits per heavy atom. The standard InChI is InChI=1S/C17H18N2OS/c1-18-10-12-6-4-8-15-16(12)19-17(21-15)14-9-11-5-2-3-7-13(11)20-14/h2-3,5,7,9,12,18H,4,6,8,10H2,1H3. The Morgan fingerprint density at radius 1 is 1.38 bits per heavy atom. The lowest BCUT2D eigenvalue weighted by Crippen LogP contribution is -2.20. The van der Waals surface area contributed by atoms with Gasteiger partial charge in [-0.15, -0.1) is 11.3 Å². The van der Waals surface area contributed by atoms with Crippen molar-refractivity contribution in [1.82, 2.24) is 10.3 Å². The molecule has 1 N–H and O–H groups in total. The third-order valence-electron chi connectivity index (χ3n) is 4.16. The van der Waals surface area contributed by atoms with Crippen molar-refractivity contribution in [2.45, 2.75) is 25.2 Å². The first kappa shape index (κ1) is 13.0. The van der Waals surface area contributed by atoms with E-state index in [0.29, 0.717) is 5.92 Å². The summed E-state index contributed by atoms with van der Waals surface area (Å²) < 4.78 is 5.96. The van der Waals surface area contributed by atoms with Crippen LogP contribution in [-0.2, 0) is 6.42 Å². The van der Waals surface area contributed by atoms with Crippen LogP contribution in [0.4, 0.5) is 0 Å². The highest BCUT2D eigenvalue weighted by molar-refractivity contribution is 7.15. The molecule has 0 aliphatic heterocycles. The second-order valence-corrected chi connectivity index (χ2v) is 6.71. The van der Waals surface area contributed by atoms with Crippen LogP contribution in [0.1, 0.15) is 29.3 Å². The Morgan fingerprint density at radius 2 is 2.29 bits per heavy atom. The number of hydrogen-bond donors (Lipinski definition) is 1. The van der Waals surface area contributed by atoms with Crippen molar-refractivity contribution in [2.24, 2.45) is 0 Å². The second kappa shape index (κ2) is 5.28. The number of nitrogens with one attached hydrogen (secondary N) is 1. The van der Waals surface area contributed by atoms with Crippen molar-refractivity contribution in [3.05, 3.63) is 40.9 Å². The largest absolute Gasteiger partial charge is 0.454 e. The number of likely N-dealkylation sites (N-methyl/N-ethyl adjacent to an activating group) is 1. The summed E-state index contributed by atoms with van der Waals surface area (Å²) in [7, 11) is 2.01. The number of nitrogens with zero attached hydrogens (tertiary/aromatic N) is 1. The Bertz CT molecular complexity index is 741. The van der Waals surface area contributed by atoms with Gasteiger partial charge in [0.2, 0.25) is 0 Å². The smallest absolute Gasteiger partial charge is 0.164 e. The van der Waals surface area contributed by atoms with E-state index in [1.165, 1.54) is 23.4 Å². The zero-order valence-corrected chi connectivity index (χ0v) is 12.9. The lowest BCUT2D eigenvalue weighted by molar-refractivity contribution is 0.522. The van der Waals surface area contributed by atoms with Crippen LogP contribution in [-0.4, -0.2) is 18.6 Å². The van der Waals surface area contributed by atoms with Gasteiger partial charge < -0.3 is 9.73 Å². The van der Waals surface area contributed by atoms with Gasteiger partial charge in [0, 0.05) is 22.7 Å². The van der Waals surface area contributed by atoms with E-state index in [1.807, 2.05) is 25.2 Å². The number of aromatic nitrogens is 1. The van der Waals surface area contributed by atoms with Gasteiger partial charge in [-0.1, -0.05) is 18.2 Å². The maximum absolute atomic E-state index is 5.96. The predicted octanol–water partition coefficient (Wildman–Crippen LogP) is 4.20. The van der Waals surface area contributed by atoms with Crippen LogP contribution in [0.3, 0.4) is 0 Å². The zero-order chi connectivity index (χ0) is 14.2. The zero-order valence-electron chi connectivity index (χ0n) is 12.1. The van der Waals surface area contributed by atoms with Gasteiger partial charge in [0.15, 0.2) is 10.8 Å². The average Bonchev–Trinajstić information content (AvgIpc) is 3.11. The van der Waals surface area contributed by atoms with Gasteiger partial charge in [-0.25, -0.2) is 4.98 Å². The highest BCUT2D eigenvalue weighted by Gasteiger charge is 2.25. The summed E-state index contributed by atoms with van der Waals surface area (Å²) in [5, 5.41) is 5.46. The number of aryl methyl sites for hydroxylation is 1. The number of hydrogen-bond acceptors (Lipinski definition) is 4. The topological polar surface area (TPSA) is 38.1 Å². The van der Waals surface area contributed by atoms with Gasteiger partial charge in [0.1, 0.15) is 5.58 Å². The second-order valence-electron chi connectivity index (χ2n) is 5.62. The molecule has 108 valence electrons. The molecule has 1 aliphatic carbocycles. The molecule has 4 heteroatoms. The quantitative estimate of drug-likeness (QED) is 0.787. The van der Waals surface area contributed by atoms with E-state index in [0.717, 1.165) is 34.7 Å². The number of benzene rings is 1. The summed E-state index contributed by atoms with van der Waals surface area (Å²) in [6.45, 7) is 1.01. The summed E-state index contributed by atoms with van der Waals surface area (Å²) in [6, 6.07) is 10.2. The fraction of sp³-hybridized carbons (Fsp3) is 0.353. The molecular weight excluding hydrogens is 280 g/mol. The van der Waals surface area contributed by atoms with Crippen molar-refractivity contribution >= 4 is 22.3 Å². The lowest BCUT2D eigenvalue weighted by Gasteiger charge is -2.20. The van der Waals surface area contributed by atoms with Gasteiger partial charge in [-0.3, -0.25) is 0 Å². The minimum absolute atomic E-state index is 0.549. The Kier molecular flexibility index (Phi) is 3.28. The predicted molar refractivity (Wildman–Crippen MR) is 86.9 cm³/mol. The molecule has 0 radical (unpaired) electrons. The molecule has 0 spiro atoms. The van der Waals surface area contributed by atoms with Crippen molar-refractivity contribution in [2.75, 3.05) is 13.6 Å². The van der Waals surface area contributed by atoms with Gasteiger partial charge in [-0.05, 0) is 38.4 Å². The first-order valence-electron chi connectivity index (χ1n) is 7.48. The van der Waals surface area contributed by atoms with Crippen LogP contribution < -0.4 is 5.32 Å². The maximum Gasteiger partial charge on any atom is 0.164 e. The molecule has 21 heavy (non-hydrogen) atoms. The summed E-state index contributed by atoms with van der Waals surface area (Å²) in [4.78, 5) is 6.34. The van der Waals surface area contributed by atoms with Crippen molar-refractivity contribution in [1.29, 1.82) is 0 Å². The first-order chi connectivity index (χ1) is 10.3. The summed E-state index contributed by atoms with van der Waals surface area (Å²) in [6.07, 6.45) is 3.66. The maximum atomic E-state index is 5.96. The summed E-state index contributed by atoms with van der Waals surface area (Å²) in [5.41, 5.74) is 2.23. The minimum Gasteiger partial charge on any atom is -0.454 e. The van der Waals surface area contributed by atoms with Gasteiger partial charge in [0.25, 0.3) is 0 Å². The molecule has 1 atom stereocenters. The summed E-state index contributed by atoms with van der Waals surface area (Å²) >= 11 is 1.80. The molecule has 1 aromatic carbocycles. The third-order valence-corrected chi connectivity index (χ3v) is 5.30. The molecule has 1 aliphatic rings. The fourth-order valence-electron chi connectivity index (χ4n) is 3.15. The Hall–Kier alpha value is -1.65. The highest BCUT2D eigenvalue weighted by Crippen LogP contribution is 2.39. The summed E-state index contributed by atoms with van der Waals surface area (Å²) in [5.74, 6) is 1.45. The van der Waals surface area contributed by atoms with Crippen molar-refractivity contribution < 1.29 is 4.42 Å². The first-order valence-corrected chi connectivity index (χ1v) is 8.30. The van der Waals surface area contributed by atoms with E-state index in [4.69, 9.17) is 9.40 Å². The van der Waals surface area contributed by atoms with Gasteiger partial charge in [-0.2, -0.15) is 0 Å². The molecular formula is C17H18N2OS. The molecule has 3 aromatic rings. The van der Waals surface area contributed by atoms with Crippen LogP contribution >= 0.6 is 11.3 Å². The molecule has 0 fully saturated rings. The molecule has 2 aromatic heterocycles. The van der Waals surface area contributed by atoms with E-state index >= 15 is 0 Å². The number of thiazole rings is 1. The van der Waals surface area contributed by atoms with Crippen LogP contribution in [0.25, 0.3) is 21.7 Å². The molecule has 0 saturated heterocycles. The van der Waals surface area contributed by atoms with E-state index in [-0.39, 0.29) is 0 Å². The number of fused-ring (bicyclic) bond motifs is 2. The van der Waals surface area contributed by atoms with Crippen LogP contribution in [0.15, 0.2) is 34.7 Å². The number of furan rings is 1. The molecule has 0 saturated carbocycles. The fourth-order valence-corrected chi connectivity index (χ4v) is 4.29. The van der Waals surface area contributed by atoms with Gasteiger partial charge in [0.05, 0.1) is 5.69 Å². The van der Waals surface area contributed by atoms with E-state index in [9.17, 15) is 0 Å². The Balaban J connectivity index is 1.76. The minimum atomic E-state index is 0.549. The van der Waals surface area contributed by atoms with Crippen LogP contribution in [0, 0.1) is 0 Å². The lowest BCUT2D eigenvalue weighted by atomic mass is 9.91. The molecule has 1 unspecified atom stereocenters. The van der Waals surface area contributed by atoms with E-state index in [2.05, 4.69) is 17.4 Å². The Labute approximate surface area is 128 Å².